The Morgan fingerprint density at radius 3 is 2.35 bits per heavy atom. The number of benzene rings is 2. The van der Waals surface area contributed by atoms with Crippen molar-refractivity contribution in [1.82, 2.24) is 19.7 Å². The lowest BCUT2D eigenvalue weighted by molar-refractivity contribution is -0.114. The number of aromatic nitrogens is 3. The molecule has 0 aliphatic rings. The number of fused-ring (bicyclic) bond motifs is 1. The van der Waals surface area contributed by atoms with Crippen LogP contribution in [-0.4, -0.2) is 45.6 Å². The first kappa shape index (κ1) is 20.3. The summed E-state index contributed by atoms with van der Waals surface area (Å²) in [7, 11) is 5.33. The molecular weight excluding hydrogens is 390 g/mol. The largest absolute Gasteiger partial charge is 0.345 e. The predicted molar refractivity (Wildman–Crippen MR) is 122 cm³/mol. The van der Waals surface area contributed by atoms with Gasteiger partial charge in [0.25, 0.3) is 5.91 Å². The zero-order valence-corrected chi connectivity index (χ0v) is 17.9. The second kappa shape index (κ2) is 8.02. The number of amides is 2. The number of nitrogens with one attached hydrogen (secondary N) is 1. The topological polar surface area (TPSA) is 80.1 Å². The van der Waals surface area contributed by atoms with Crippen LogP contribution in [0.2, 0.25) is 0 Å². The van der Waals surface area contributed by atoms with Crippen molar-refractivity contribution in [3.05, 3.63) is 66.4 Å². The summed E-state index contributed by atoms with van der Waals surface area (Å²) in [6.45, 7) is 1.47. The Bertz CT molecular complexity index is 1290. The molecule has 0 spiro atoms. The van der Waals surface area contributed by atoms with Crippen LogP contribution in [-0.2, 0) is 11.8 Å². The van der Waals surface area contributed by atoms with Crippen LogP contribution in [0, 0.1) is 0 Å². The summed E-state index contributed by atoms with van der Waals surface area (Å²) < 4.78 is 1.73. The Balaban J connectivity index is 1.74. The number of carbonyl (C=O) groups is 2. The first-order chi connectivity index (χ1) is 14.8. The van der Waals surface area contributed by atoms with Gasteiger partial charge in [-0.25, -0.2) is 9.67 Å². The van der Waals surface area contributed by atoms with Gasteiger partial charge in [0.15, 0.2) is 5.65 Å². The summed E-state index contributed by atoms with van der Waals surface area (Å²) in [5.41, 5.74) is 5.78. The number of hydrogen-bond acceptors (Lipinski definition) is 4. The minimum Gasteiger partial charge on any atom is -0.345 e. The smallest absolute Gasteiger partial charge is 0.253 e. The third-order valence-electron chi connectivity index (χ3n) is 5.01. The standard InChI is InChI=1S/C24H23N5O2/c1-15(30)26-20-13-21-22(27-29(4)23(21)25-14-20)19-7-5-6-18(12-19)16-8-10-17(11-9-16)24(31)28(2)3/h5-14H,1-4H3,(H,26,30). The monoisotopic (exact) mass is 413 g/mol. The molecule has 0 saturated heterocycles. The van der Waals surface area contributed by atoms with Crippen LogP contribution in [0.1, 0.15) is 17.3 Å². The maximum absolute atomic E-state index is 12.1. The van der Waals surface area contributed by atoms with Gasteiger partial charge in [0.05, 0.1) is 11.9 Å². The van der Waals surface area contributed by atoms with E-state index in [2.05, 4.69) is 21.5 Å². The summed E-state index contributed by atoms with van der Waals surface area (Å²) in [6.07, 6.45) is 1.63. The third kappa shape index (κ3) is 4.02. The Morgan fingerprint density at radius 2 is 1.68 bits per heavy atom. The number of hydrogen-bond donors (Lipinski definition) is 1. The van der Waals surface area contributed by atoms with Gasteiger partial charge in [-0.15, -0.1) is 0 Å². The summed E-state index contributed by atoms with van der Waals surface area (Å²) in [5, 5.41) is 8.30. The number of anilines is 1. The van der Waals surface area contributed by atoms with E-state index in [0.29, 0.717) is 11.3 Å². The maximum atomic E-state index is 12.1. The van der Waals surface area contributed by atoms with E-state index in [1.165, 1.54) is 6.92 Å². The zero-order valence-electron chi connectivity index (χ0n) is 17.9. The molecule has 0 aliphatic carbocycles. The fourth-order valence-corrected chi connectivity index (χ4v) is 3.54. The molecule has 31 heavy (non-hydrogen) atoms. The number of aryl methyl sites for hydroxylation is 1. The van der Waals surface area contributed by atoms with Crippen molar-refractivity contribution >= 4 is 28.5 Å². The summed E-state index contributed by atoms with van der Waals surface area (Å²) >= 11 is 0. The van der Waals surface area contributed by atoms with Crippen molar-refractivity contribution in [3.8, 4) is 22.4 Å². The first-order valence-electron chi connectivity index (χ1n) is 9.86. The highest BCUT2D eigenvalue weighted by Gasteiger charge is 2.14. The molecule has 1 N–H and O–H groups in total. The zero-order chi connectivity index (χ0) is 22.1. The molecule has 156 valence electrons. The van der Waals surface area contributed by atoms with Crippen molar-refractivity contribution in [2.75, 3.05) is 19.4 Å². The predicted octanol–water partition coefficient (Wildman–Crippen LogP) is 3.96. The lowest BCUT2D eigenvalue weighted by atomic mass is 9.99. The molecule has 0 aliphatic heterocycles. The minimum absolute atomic E-state index is 0.0252. The average Bonchev–Trinajstić information content (AvgIpc) is 3.09. The van der Waals surface area contributed by atoms with E-state index in [9.17, 15) is 9.59 Å². The van der Waals surface area contributed by atoms with Crippen LogP contribution in [0.15, 0.2) is 60.8 Å². The van der Waals surface area contributed by atoms with Gasteiger partial charge in [0, 0.05) is 44.6 Å². The fourth-order valence-electron chi connectivity index (χ4n) is 3.54. The van der Waals surface area contributed by atoms with Crippen molar-refractivity contribution in [1.29, 1.82) is 0 Å². The van der Waals surface area contributed by atoms with Crippen LogP contribution in [0.4, 0.5) is 5.69 Å². The van der Waals surface area contributed by atoms with E-state index >= 15 is 0 Å². The molecule has 7 nitrogen and oxygen atoms in total. The van der Waals surface area contributed by atoms with Crippen LogP contribution in [0.5, 0.6) is 0 Å². The van der Waals surface area contributed by atoms with Crippen LogP contribution in [0.3, 0.4) is 0 Å². The van der Waals surface area contributed by atoms with Gasteiger partial charge in [0.1, 0.15) is 5.69 Å². The summed E-state index contributed by atoms with van der Waals surface area (Å²) in [5.74, 6) is -0.174. The molecule has 0 saturated carbocycles. The molecule has 4 aromatic rings. The first-order valence-corrected chi connectivity index (χ1v) is 9.86. The van der Waals surface area contributed by atoms with Crippen molar-refractivity contribution in [3.63, 3.8) is 0 Å². The molecule has 2 aromatic carbocycles. The lowest BCUT2D eigenvalue weighted by Crippen LogP contribution is -2.21. The maximum Gasteiger partial charge on any atom is 0.253 e. The average molecular weight is 413 g/mol. The van der Waals surface area contributed by atoms with E-state index in [-0.39, 0.29) is 11.8 Å². The molecule has 7 heteroatoms. The third-order valence-corrected chi connectivity index (χ3v) is 5.01. The minimum atomic E-state index is -0.148. The fraction of sp³-hybridized carbons (Fsp3) is 0.167. The molecule has 0 unspecified atom stereocenters. The van der Waals surface area contributed by atoms with Crippen molar-refractivity contribution < 1.29 is 9.59 Å². The highest BCUT2D eigenvalue weighted by Crippen LogP contribution is 2.31. The van der Waals surface area contributed by atoms with E-state index in [0.717, 1.165) is 33.4 Å². The number of carbonyl (C=O) groups excluding carboxylic acids is 2. The molecule has 2 amide bonds. The number of rotatable bonds is 4. The molecule has 0 fully saturated rings. The van der Waals surface area contributed by atoms with Gasteiger partial charge in [0.2, 0.25) is 5.91 Å². The van der Waals surface area contributed by atoms with Crippen LogP contribution < -0.4 is 5.32 Å². The highest BCUT2D eigenvalue weighted by molar-refractivity contribution is 5.97. The molecule has 0 radical (unpaired) electrons. The normalized spacial score (nSPS) is 10.8. The van der Waals surface area contributed by atoms with Crippen molar-refractivity contribution in [2.45, 2.75) is 6.92 Å². The second-order valence-corrected chi connectivity index (χ2v) is 7.61. The van der Waals surface area contributed by atoms with Crippen LogP contribution in [0.25, 0.3) is 33.4 Å². The lowest BCUT2D eigenvalue weighted by Gasteiger charge is -2.11. The summed E-state index contributed by atoms with van der Waals surface area (Å²) in [4.78, 5) is 29.6. The number of pyridine rings is 1. The molecule has 2 aromatic heterocycles. The Hall–Kier alpha value is -4.00. The van der Waals surface area contributed by atoms with Crippen LogP contribution >= 0.6 is 0 Å². The van der Waals surface area contributed by atoms with Gasteiger partial charge in [-0.3, -0.25) is 9.59 Å². The Morgan fingerprint density at radius 1 is 0.968 bits per heavy atom. The van der Waals surface area contributed by atoms with Gasteiger partial charge in [-0.2, -0.15) is 5.10 Å². The second-order valence-electron chi connectivity index (χ2n) is 7.61. The van der Waals surface area contributed by atoms with Crippen molar-refractivity contribution in [2.24, 2.45) is 7.05 Å². The van der Waals surface area contributed by atoms with E-state index < -0.39 is 0 Å². The van der Waals surface area contributed by atoms with Gasteiger partial charge < -0.3 is 10.2 Å². The molecule has 2 heterocycles. The van der Waals surface area contributed by atoms with Gasteiger partial charge in [-0.1, -0.05) is 30.3 Å². The van der Waals surface area contributed by atoms with Gasteiger partial charge >= 0.3 is 0 Å². The quantitative estimate of drug-likeness (QED) is 0.549. The Labute approximate surface area is 180 Å². The number of nitrogens with zero attached hydrogens (tertiary/aromatic N) is 4. The molecular formula is C24H23N5O2. The highest BCUT2D eigenvalue weighted by atomic mass is 16.2. The molecule has 0 atom stereocenters. The molecule has 4 rings (SSSR count). The van der Waals surface area contributed by atoms with Gasteiger partial charge in [-0.05, 0) is 35.4 Å². The van der Waals surface area contributed by atoms with E-state index in [4.69, 9.17) is 0 Å². The summed E-state index contributed by atoms with van der Waals surface area (Å²) in [6, 6.07) is 17.5. The SMILES string of the molecule is CC(=O)Nc1cnc2c(c1)c(-c1cccc(-c3ccc(C(=O)N(C)C)cc3)c1)nn2C. The molecule has 0 bridgehead atoms. The Kier molecular flexibility index (Phi) is 5.25. The van der Waals surface area contributed by atoms with E-state index in [1.807, 2.05) is 55.6 Å². The van der Waals surface area contributed by atoms with E-state index in [1.54, 1.807) is 29.9 Å².